The number of rotatable bonds is 1. The van der Waals surface area contributed by atoms with Crippen LogP contribution in [0.4, 0.5) is 0 Å². The van der Waals surface area contributed by atoms with Gasteiger partial charge in [0.15, 0.2) is 0 Å². The van der Waals surface area contributed by atoms with Gasteiger partial charge in [0.25, 0.3) is 5.91 Å². The Morgan fingerprint density at radius 2 is 2.57 bits per heavy atom. The van der Waals surface area contributed by atoms with E-state index in [9.17, 15) is 4.79 Å². The Bertz CT molecular complexity index is 101. The Morgan fingerprint density at radius 3 is 2.71 bits per heavy atom. The Balaban J connectivity index is 3.24. The van der Waals surface area contributed by atoms with Gasteiger partial charge in [0.2, 0.25) is 0 Å². The average Bonchev–Trinajstić information content (AvgIpc) is 1.68. The minimum atomic E-state index is -0.456. The highest BCUT2D eigenvalue weighted by atomic mass is 16.1. The fraction of sp³-hybridized carbons (Fsp3) is 0.400. The quantitative estimate of drug-likeness (QED) is 0.446. The third-order valence-electron chi connectivity index (χ3n) is 0.451. The molecule has 0 unspecified atom stereocenters. The van der Waals surface area contributed by atoms with Crippen molar-refractivity contribution in [2.75, 3.05) is 6.54 Å². The van der Waals surface area contributed by atoms with E-state index in [2.05, 4.69) is 5.32 Å². The fourth-order valence-corrected chi connectivity index (χ4v) is 0.205. The van der Waals surface area contributed by atoms with E-state index in [0.717, 1.165) is 0 Å². The maximum absolute atomic E-state index is 10.0. The largest absolute Gasteiger partial charge is 0.346 e. The van der Waals surface area contributed by atoms with Gasteiger partial charge >= 0.3 is 0 Å². The molecule has 0 saturated carbocycles. The van der Waals surface area contributed by atoms with E-state index in [-0.39, 0.29) is 0 Å². The van der Waals surface area contributed by atoms with Crippen LogP contribution in [0.15, 0.2) is 0 Å². The number of carbonyl (C=O) groups is 1. The lowest BCUT2D eigenvalue weighted by molar-refractivity contribution is -0.115. The molecule has 0 spiro atoms. The van der Waals surface area contributed by atoms with Gasteiger partial charge in [-0.3, -0.25) is 4.79 Å². The zero-order chi connectivity index (χ0) is 5.70. The molecule has 1 N–H and O–H groups in total. The summed E-state index contributed by atoms with van der Waals surface area (Å²) in [5, 5.41) is 2.36. The van der Waals surface area contributed by atoms with Gasteiger partial charge in [0, 0.05) is 12.5 Å². The minimum Gasteiger partial charge on any atom is -0.346 e. The molecule has 0 fully saturated rings. The van der Waals surface area contributed by atoms with Crippen molar-refractivity contribution in [3.05, 3.63) is 6.42 Å². The van der Waals surface area contributed by atoms with Crippen molar-refractivity contribution in [1.82, 2.24) is 5.32 Å². The second-order valence-electron chi connectivity index (χ2n) is 0.984. The van der Waals surface area contributed by atoms with Crippen LogP contribution in [0.2, 0.25) is 0 Å². The second kappa shape index (κ2) is 3.23. The summed E-state index contributed by atoms with van der Waals surface area (Å²) in [5.41, 5.74) is 0. The van der Waals surface area contributed by atoms with E-state index in [1.807, 2.05) is 0 Å². The molecular weight excluding hydrogens is 90.1 g/mol. The highest BCUT2D eigenvalue weighted by molar-refractivity contribution is 5.91. The van der Waals surface area contributed by atoms with Crippen LogP contribution in [-0.2, 0) is 4.79 Å². The van der Waals surface area contributed by atoms with Crippen LogP contribution in [0.3, 0.4) is 0 Å². The maximum Gasteiger partial charge on any atom is 0.296 e. The van der Waals surface area contributed by atoms with Gasteiger partial charge in [-0.2, -0.15) is 0 Å². The molecule has 0 aliphatic heterocycles. The van der Waals surface area contributed by atoms with E-state index in [4.69, 9.17) is 6.42 Å². The molecule has 0 atom stereocenters. The molecule has 37 valence electrons. The molecule has 7 heavy (non-hydrogen) atoms. The van der Waals surface area contributed by atoms with Gasteiger partial charge in [-0.25, -0.2) is 0 Å². The minimum absolute atomic E-state index is 0.456. The summed E-state index contributed by atoms with van der Waals surface area (Å²) in [7, 11) is 0. The van der Waals surface area contributed by atoms with E-state index in [1.54, 1.807) is 12.8 Å². The summed E-state index contributed by atoms with van der Waals surface area (Å²) in [6, 6.07) is 0. The molecule has 0 rings (SSSR count). The van der Waals surface area contributed by atoms with Crippen LogP contribution in [0.1, 0.15) is 6.92 Å². The standard InChI is InChI=1S/C5H6NO/c1-3-5(7)6-4-2/h4H2,2H3,(H,6,7). The molecule has 1 amide bonds. The first-order valence-electron chi connectivity index (χ1n) is 2.01. The average molecular weight is 96.1 g/mol. The Kier molecular flexibility index (Phi) is 2.78. The predicted molar refractivity (Wildman–Crippen MR) is 25.8 cm³/mol. The molecular formula is C5H6NO. The number of nitrogens with one attached hydrogen (secondary N) is 1. The lowest BCUT2D eigenvalue weighted by Gasteiger charge is -1.87. The summed E-state index contributed by atoms with van der Waals surface area (Å²) in [4.78, 5) is 10.0. The molecule has 0 bridgehead atoms. The van der Waals surface area contributed by atoms with Crippen LogP contribution in [0.25, 0.3) is 0 Å². The third-order valence-corrected chi connectivity index (χ3v) is 0.451. The van der Waals surface area contributed by atoms with Crippen molar-refractivity contribution in [2.24, 2.45) is 0 Å². The monoisotopic (exact) mass is 96.0 g/mol. The molecule has 2 heteroatoms. The highest BCUT2D eigenvalue weighted by Gasteiger charge is 1.85. The smallest absolute Gasteiger partial charge is 0.296 e. The zero-order valence-electron chi connectivity index (χ0n) is 4.12. The van der Waals surface area contributed by atoms with Gasteiger partial charge in [0.05, 0.1) is 0 Å². The SMILES string of the molecule is [C]#CC(=O)NCC. The lowest BCUT2D eigenvalue weighted by atomic mass is 10.6. The van der Waals surface area contributed by atoms with Crippen molar-refractivity contribution < 1.29 is 4.79 Å². The lowest BCUT2D eigenvalue weighted by Crippen LogP contribution is -2.19. The van der Waals surface area contributed by atoms with Crippen molar-refractivity contribution in [3.63, 3.8) is 0 Å². The van der Waals surface area contributed by atoms with Gasteiger partial charge in [-0.05, 0) is 13.3 Å². The summed E-state index contributed by atoms with van der Waals surface area (Å²) < 4.78 is 0. The number of hydrogen-bond acceptors (Lipinski definition) is 1. The Morgan fingerprint density at radius 1 is 2.00 bits per heavy atom. The van der Waals surface area contributed by atoms with Crippen molar-refractivity contribution in [2.45, 2.75) is 6.92 Å². The van der Waals surface area contributed by atoms with Gasteiger partial charge in [0.1, 0.15) is 0 Å². The first-order valence-corrected chi connectivity index (χ1v) is 2.01. The topological polar surface area (TPSA) is 29.1 Å². The van der Waals surface area contributed by atoms with Gasteiger partial charge in [-0.1, -0.05) is 0 Å². The van der Waals surface area contributed by atoms with Gasteiger partial charge in [-0.15, -0.1) is 0 Å². The van der Waals surface area contributed by atoms with E-state index >= 15 is 0 Å². The number of carbonyl (C=O) groups excluding carboxylic acids is 1. The normalized spacial score (nSPS) is 6.86. The first kappa shape index (κ1) is 6.03. The zero-order valence-corrected chi connectivity index (χ0v) is 4.12. The summed E-state index contributed by atoms with van der Waals surface area (Å²) in [6.07, 6.45) is 6.25. The molecule has 0 saturated heterocycles. The summed E-state index contributed by atoms with van der Waals surface area (Å²) >= 11 is 0. The van der Waals surface area contributed by atoms with Crippen molar-refractivity contribution in [3.8, 4) is 5.92 Å². The molecule has 0 aliphatic rings. The molecule has 0 aliphatic carbocycles. The van der Waals surface area contributed by atoms with Crippen LogP contribution < -0.4 is 5.32 Å². The van der Waals surface area contributed by atoms with Crippen LogP contribution in [0, 0.1) is 12.3 Å². The maximum atomic E-state index is 10.0. The fourth-order valence-electron chi connectivity index (χ4n) is 0.205. The Labute approximate surface area is 42.9 Å². The third kappa shape index (κ3) is 2.84. The molecule has 2 nitrogen and oxygen atoms in total. The van der Waals surface area contributed by atoms with Crippen LogP contribution >= 0.6 is 0 Å². The molecule has 0 aromatic carbocycles. The first-order chi connectivity index (χ1) is 3.31. The van der Waals surface area contributed by atoms with Crippen LogP contribution in [-0.4, -0.2) is 12.5 Å². The summed E-state index contributed by atoms with van der Waals surface area (Å²) in [5.74, 6) is 1.21. The van der Waals surface area contributed by atoms with Crippen molar-refractivity contribution >= 4 is 5.91 Å². The van der Waals surface area contributed by atoms with E-state index < -0.39 is 5.91 Å². The van der Waals surface area contributed by atoms with Gasteiger partial charge < -0.3 is 5.32 Å². The van der Waals surface area contributed by atoms with E-state index in [0.29, 0.717) is 6.54 Å². The highest BCUT2D eigenvalue weighted by Crippen LogP contribution is 1.55. The molecule has 0 aromatic rings. The van der Waals surface area contributed by atoms with Crippen molar-refractivity contribution in [1.29, 1.82) is 0 Å². The van der Waals surface area contributed by atoms with E-state index in [1.165, 1.54) is 0 Å². The number of amides is 1. The molecule has 1 radical (unpaired) electrons. The second-order valence-corrected chi connectivity index (χ2v) is 0.984. The molecule has 0 heterocycles. The van der Waals surface area contributed by atoms with Crippen LogP contribution in [0.5, 0.6) is 0 Å². The summed E-state index contributed by atoms with van der Waals surface area (Å²) in [6.45, 7) is 2.35. The predicted octanol–water partition coefficient (Wildman–Crippen LogP) is -0.288. The Hall–Kier alpha value is -0.970. The number of hydrogen-bond donors (Lipinski definition) is 1. The molecule has 0 aromatic heterocycles.